The molecule has 128 valence electrons. The van der Waals surface area contributed by atoms with Crippen molar-refractivity contribution in [3.8, 4) is 11.5 Å². The van der Waals surface area contributed by atoms with E-state index in [1.807, 2.05) is 0 Å². The van der Waals surface area contributed by atoms with Gasteiger partial charge in [0.15, 0.2) is 17.3 Å². The molecule has 0 amide bonds. The molecule has 24 heavy (non-hydrogen) atoms. The average Bonchev–Trinajstić information content (AvgIpc) is 2.60. The number of rotatable bonds is 8. The van der Waals surface area contributed by atoms with Crippen molar-refractivity contribution in [3.63, 3.8) is 0 Å². The molecule has 0 bridgehead atoms. The van der Waals surface area contributed by atoms with E-state index in [4.69, 9.17) is 9.47 Å². The van der Waals surface area contributed by atoms with Gasteiger partial charge in [0, 0.05) is 12.6 Å². The minimum atomic E-state index is -3.83. The normalized spacial score (nSPS) is 10.8. The lowest BCUT2D eigenvalue weighted by Gasteiger charge is -2.11. The van der Waals surface area contributed by atoms with Gasteiger partial charge in [0.25, 0.3) is 10.0 Å². The number of nitrogens with one attached hydrogen (secondary N) is 2. The molecular formula is C15H18N4O4S. The van der Waals surface area contributed by atoms with E-state index in [9.17, 15) is 8.42 Å². The number of hydrogen-bond donors (Lipinski definition) is 2. The number of methoxy groups -OCH3 is 2. The molecule has 1 aromatic heterocycles. The molecule has 0 saturated carbocycles. The summed E-state index contributed by atoms with van der Waals surface area (Å²) in [6, 6.07) is 7.42. The van der Waals surface area contributed by atoms with Gasteiger partial charge in [-0.1, -0.05) is 6.08 Å². The van der Waals surface area contributed by atoms with E-state index < -0.39 is 10.0 Å². The largest absolute Gasteiger partial charge is 0.493 e. The van der Waals surface area contributed by atoms with Gasteiger partial charge in [-0.3, -0.25) is 4.72 Å². The van der Waals surface area contributed by atoms with Crippen molar-refractivity contribution >= 4 is 21.7 Å². The summed E-state index contributed by atoms with van der Waals surface area (Å²) in [7, 11) is -0.919. The molecule has 0 aliphatic carbocycles. The third-order valence-corrected chi connectivity index (χ3v) is 4.35. The van der Waals surface area contributed by atoms with Crippen LogP contribution in [0.5, 0.6) is 11.5 Å². The molecule has 0 spiro atoms. The first-order valence-corrected chi connectivity index (χ1v) is 8.42. The second-order valence-electron chi connectivity index (χ2n) is 4.60. The standard InChI is InChI=1S/C15H18N4O4S/c1-4-9-16-14-7-8-15(18-17-14)19-24(20,21)11-5-6-12(22-2)13(10-11)23-3/h4-8,10H,1,9H2,2-3H3,(H,16,17)(H,18,19). The van der Waals surface area contributed by atoms with E-state index in [0.29, 0.717) is 23.9 Å². The van der Waals surface area contributed by atoms with Crippen LogP contribution in [0.15, 0.2) is 47.9 Å². The molecule has 0 saturated heterocycles. The SMILES string of the molecule is C=CCNc1ccc(NS(=O)(=O)c2ccc(OC)c(OC)c2)nn1. The summed E-state index contributed by atoms with van der Waals surface area (Å²) in [6.07, 6.45) is 1.68. The van der Waals surface area contributed by atoms with Gasteiger partial charge >= 0.3 is 0 Å². The van der Waals surface area contributed by atoms with E-state index >= 15 is 0 Å². The highest BCUT2D eigenvalue weighted by atomic mass is 32.2. The van der Waals surface area contributed by atoms with E-state index in [1.54, 1.807) is 12.1 Å². The van der Waals surface area contributed by atoms with Crippen molar-refractivity contribution in [2.75, 3.05) is 30.8 Å². The van der Waals surface area contributed by atoms with E-state index in [2.05, 4.69) is 26.8 Å². The highest BCUT2D eigenvalue weighted by molar-refractivity contribution is 7.92. The molecule has 0 aliphatic heterocycles. The summed E-state index contributed by atoms with van der Waals surface area (Å²) in [5, 5.41) is 10.6. The Morgan fingerprint density at radius 2 is 1.75 bits per heavy atom. The molecule has 0 fully saturated rings. The second kappa shape index (κ2) is 7.64. The van der Waals surface area contributed by atoms with Crippen molar-refractivity contribution < 1.29 is 17.9 Å². The van der Waals surface area contributed by atoms with Gasteiger partial charge in [0.05, 0.1) is 19.1 Å². The Kier molecular flexibility index (Phi) is 5.59. The van der Waals surface area contributed by atoms with Crippen LogP contribution < -0.4 is 19.5 Å². The Labute approximate surface area is 140 Å². The molecule has 2 rings (SSSR count). The Balaban J connectivity index is 2.20. The number of anilines is 2. The zero-order valence-corrected chi connectivity index (χ0v) is 14.1. The van der Waals surface area contributed by atoms with Gasteiger partial charge in [-0.2, -0.15) is 0 Å². The number of sulfonamides is 1. The third-order valence-electron chi connectivity index (χ3n) is 3.00. The minimum absolute atomic E-state index is 0.0239. The van der Waals surface area contributed by atoms with Crippen molar-refractivity contribution in [3.05, 3.63) is 43.0 Å². The fourth-order valence-corrected chi connectivity index (χ4v) is 2.85. The highest BCUT2D eigenvalue weighted by Gasteiger charge is 2.18. The van der Waals surface area contributed by atoms with Crippen LogP contribution >= 0.6 is 0 Å². The fourth-order valence-electron chi connectivity index (χ4n) is 1.84. The lowest BCUT2D eigenvalue weighted by molar-refractivity contribution is 0.354. The summed E-state index contributed by atoms with van der Waals surface area (Å²) in [5.41, 5.74) is 0. The van der Waals surface area contributed by atoms with E-state index in [-0.39, 0.29) is 10.7 Å². The van der Waals surface area contributed by atoms with Gasteiger partial charge in [0.2, 0.25) is 0 Å². The summed E-state index contributed by atoms with van der Waals surface area (Å²) >= 11 is 0. The molecule has 8 nitrogen and oxygen atoms in total. The first kappa shape index (κ1) is 17.5. The number of nitrogens with zero attached hydrogens (tertiary/aromatic N) is 2. The summed E-state index contributed by atoms with van der Waals surface area (Å²) in [6.45, 7) is 4.11. The van der Waals surface area contributed by atoms with Crippen LogP contribution in [-0.2, 0) is 10.0 Å². The van der Waals surface area contributed by atoms with Crippen LogP contribution in [-0.4, -0.2) is 39.4 Å². The summed E-state index contributed by atoms with van der Waals surface area (Å²) in [5.74, 6) is 1.38. The number of ether oxygens (including phenoxy) is 2. The first-order chi connectivity index (χ1) is 11.5. The highest BCUT2D eigenvalue weighted by Crippen LogP contribution is 2.29. The number of benzene rings is 1. The molecule has 2 N–H and O–H groups in total. The fraction of sp³-hybridized carbons (Fsp3) is 0.200. The lowest BCUT2D eigenvalue weighted by Crippen LogP contribution is -2.15. The molecule has 0 unspecified atom stereocenters. The van der Waals surface area contributed by atoms with Gasteiger partial charge in [-0.15, -0.1) is 16.8 Å². The van der Waals surface area contributed by atoms with Gasteiger partial charge in [0.1, 0.15) is 5.82 Å². The van der Waals surface area contributed by atoms with E-state index in [0.717, 1.165) is 0 Å². The molecule has 0 aliphatic rings. The molecule has 0 radical (unpaired) electrons. The first-order valence-electron chi connectivity index (χ1n) is 6.93. The summed E-state index contributed by atoms with van der Waals surface area (Å²) in [4.78, 5) is 0.0239. The third kappa shape index (κ3) is 4.13. The molecule has 1 heterocycles. The van der Waals surface area contributed by atoms with Gasteiger partial charge < -0.3 is 14.8 Å². The lowest BCUT2D eigenvalue weighted by atomic mass is 10.3. The Morgan fingerprint density at radius 1 is 1.08 bits per heavy atom. The van der Waals surface area contributed by atoms with Crippen molar-refractivity contribution in [2.24, 2.45) is 0 Å². The van der Waals surface area contributed by atoms with Crippen molar-refractivity contribution in [1.82, 2.24) is 10.2 Å². The topological polar surface area (TPSA) is 102 Å². The quantitative estimate of drug-likeness (QED) is 0.701. The number of aromatic nitrogens is 2. The maximum absolute atomic E-state index is 12.4. The molecule has 0 atom stereocenters. The predicted octanol–water partition coefficient (Wildman–Crippen LogP) is 1.89. The monoisotopic (exact) mass is 350 g/mol. The van der Waals surface area contributed by atoms with Crippen molar-refractivity contribution in [1.29, 1.82) is 0 Å². The molecular weight excluding hydrogens is 332 g/mol. The maximum Gasteiger partial charge on any atom is 0.263 e. The molecule has 9 heteroatoms. The Morgan fingerprint density at radius 3 is 2.33 bits per heavy atom. The van der Waals surface area contributed by atoms with Gasteiger partial charge in [-0.05, 0) is 24.3 Å². The van der Waals surface area contributed by atoms with Crippen LogP contribution in [0.1, 0.15) is 0 Å². The Hall–Kier alpha value is -2.81. The minimum Gasteiger partial charge on any atom is -0.493 e. The van der Waals surface area contributed by atoms with Crippen LogP contribution in [0.4, 0.5) is 11.6 Å². The zero-order valence-electron chi connectivity index (χ0n) is 13.3. The smallest absolute Gasteiger partial charge is 0.263 e. The second-order valence-corrected chi connectivity index (χ2v) is 6.28. The van der Waals surface area contributed by atoms with E-state index in [1.165, 1.54) is 38.5 Å². The zero-order chi connectivity index (χ0) is 17.6. The Bertz CT molecular complexity index is 807. The molecule has 1 aromatic carbocycles. The van der Waals surface area contributed by atoms with Crippen LogP contribution in [0.3, 0.4) is 0 Å². The molecule has 2 aromatic rings. The van der Waals surface area contributed by atoms with Crippen LogP contribution in [0.25, 0.3) is 0 Å². The average molecular weight is 350 g/mol. The predicted molar refractivity (Wildman–Crippen MR) is 91.1 cm³/mol. The van der Waals surface area contributed by atoms with Crippen molar-refractivity contribution in [2.45, 2.75) is 4.90 Å². The summed E-state index contributed by atoms with van der Waals surface area (Å²) < 4.78 is 37.4. The van der Waals surface area contributed by atoms with Crippen LogP contribution in [0.2, 0.25) is 0 Å². The maximum atomic E-state index is 12.4. The van der Waals surface area contributed by atoms with Gasteiger partial charge in [-0.25, -0.2) is 8.42 Å². The number of hydrogen-bond acceptors (Lipinski definition) is 7. The van der Waals surface area contributed by atoms with Crippen LogP contribution in [0, 0.1) is 0 Å².